The molecule has 0 bridgehead atoms. The van der Waals surface area contributed by atoms with Gasteiger partial charge in [-0.15, -0.1) is 0 Å². The Kier molecular flexibility index (Phi) is 5.22. The van der Waals surface area contributed by atoms with Crippen LogP contribution in [-0.2, 0) is 11.3 Å². The molecule has 8 nitrogen and oxygen atoms in total. The topological polar surface area (TPSA) is 85.7 Å². The minimum absolute atomic E-state index is 0.0532. The number of aromatic nitrogens is 2. The van der Waals surface area contributed by atoms with Crippen LogP contribution in [0.25, 0.3) is 0 Å². The van der Waals surface area contributed by atoms with Crippen LogP contribution in [0, 0.1) is 5.82 Å². The number of carbonyl (C=O) groups is 2. The Morgan fingerprint density at radius 1 is 1.12 bits per heavy atom. The van der Waals surface area contributed by atoms with Crippen LogP contribution in [0.1, 0.15) is 34.8 Å². The van der Waals surface area contributed by atoms with Crippen LogP contribution in [0.15, 0.2) is 54.9 Å². The molecule has 3 aromatic rings. The number of hydrogen-bond acceptors (Lipinski definition) is 5. The molecule has 0 saturated carbocycles. The van der Waals surface area contributed by atoms with Crippen LogP contribution in [0.2, 0.25) is 0 Å². The number of carbonyl (C=O) groups excluding carboxylic acids is 2. The maximum atomic E-state index is 13.2. The summed E-state index contributed by atoms with van der Waals surface area (Å²) in [6.45, 7) is 0.841. The third-order valence-corrected chi connectivity index (χ3v) is 5.65. The lowest BCUT2D eigenvalue weighted by atomic mass is 10.0. The molecule has 1 atom stereocenters. The Morgan fingerprint density at radius 3 is 2.78 bits per heavy atom. The van der Waals surface area contributed by atoms with Crippen molar-refractivity contribution in [1.82, 2.24) is 14.7 Å². The fourth-order valence-electron chi connectivity index (χ4n) is 4.08. The molecule has 1 fully saturated rings. The molecule has 0 aliphatic carbocycles. The molecule has 2 amide bonds. The standard InChI is InChI=1S/C23H21FN4O4/c24-17-6-3-15(4-7-17)19-2-1-9-28(19)22(29)13-27-12-18(11-25-27)26-23(30)16-5-8-20-21(10-16)32-14-31-20/h3-8,10-12,19H,1-2,9,13-14H2,(H,26,30). The van der Waals surface area contributed by atoms with Crippen molar-refractivity contribution in [2.24, 2.45) is 0 Å². The third kappa shape index (κ3) is 4.01. The van der Waals surface area contributed by atoms with Gasteiger partial charge in [0.15, 0.2) is 11.5 Å². The van der Waals surface area contributed by atoms with Gasteiger partial charge in [0, 0.05) is 18.3 Å². The highest BCUT2D eigenvalue weighted by Crippen LogP contribution is 2.33. The average molecular weight is 436 g/mol. The molecule has 2 aliphatic heterocycles. The van der Waals surface area contributed by atoms with Crippen molar-refractivity contribution in [1.29, 1.82) is 0 Å². The Morgan fingerprint density at radius 2 is 1.94 bits per heavy atom. The molecule has 5 rings (SSSR count). The maximum absolute atomic E-state index is 13.2. The first-order valence-corrected chi connectivity index (χ1v) is 10.4. The van der Waals surface area contributed by atoms with Gasteiger partial charge in [-0.25, -0.2) is 4.39 Å². The molecule has 1 saturated heterocycles. The van der Waals surface area contributed by atoms with Gasteiger partial charge in [-0.1, -0.05) is 12.1 Å². The van der Waals surface area contributed by atoms with Crippen LogP contribution in [0.4, 0.5) is 10.1 Å². The van der Waals surface area contributed by atoms with Gasteiger partial charge in [-0.05, 0) is 48.7 Å². The van der Waals surface area contributed by atoms with Gasteiger partial charge in [0.1, 0.15) is 12.4 Å². The van der Waals surface area contributed by atoms with Gasteiger partial charge < -0.3 is 19.7 Å². The molecular formula is C23H21FN4O4. The van der Waals surface area contributed by atoms with Crippen molar-refractivity contribution in [3.05, 3.63) is 71.8 Å². The number of benzene rings is 2. The summed E-state index contributed by atoms with van der Waals surface area (Å²) in [6, 6.07) is 11.2. The Balaban J connectivity index is 1.22. The lowest BCUT2D eigenvalue weighted by Gasteiger charge is -2.25. The number of nitrogens with one attached hydrogen (secondary N) is 1. The summed E-state index contributed by atoms with van der Waals surface area (Å²) in [4.78, 5) is 27.2. The van der Waals surface area contributed by atoms with E-state index in [9.17, 15) is 14.0 Å². The molecular weight excluding hydrogens is 415 g/mol. The van der Waals surface area contributed by atoms with Crippen molar-refractivity contribution in [3.63, 3.8) is 0 Å². The van der Waals surface area contributed by atoms with E-state index in [0.717, 1.165) is 18.4 Å². The molecule has 164 valence electrons. The Labute approximate surface area is 183 Å². The molecule has 9 heteroatoms. The minimum atomic E-state index is -0.315. The number of ether oxygens (including phenoxy) is 2. The number of anilines is 1. The van der Waals surface area contributed by atoms with Gasteiger partial charge >= 0.3 is 0 Å². The van der Waals surface area contributed by atoms with E-state index in [2.05, 4.69) is 10.4 Å². The highest BCUT2D eigenvalue weighted by atomic mass is 19.1. The molecule has 3 heterocycles. The van der Waals surface area contributed by atoms with E-state index in [-0.39, 0.29) is 37.0 Å². The van der Waals surface area contributed by atoms with Gasteiger partial charge in [-0.2, -0.15) is 5.10 Å². The number of fused-ring (bicyclic) bond motifs is 1. The van der Waals surface area contributed by atoms with Gasteiger partial charge in [-0.3, -0.25) is 14.3 Å². The SMILES string of the molecule is O=C(Nc1cnn(CC(=O)N2CCCC2c2ccc(F)cc2)c1)c1ccc2c(c1)OCO2. The first-order valence-electron chi connectivity index (χ1n) is 10.4. The summed E-state index contributed by atoms with van der Waals surface area (Å²) < 4.78 is 25.3. The first kappa shape index (κ1) is 20.0. The maximum Gasteiger partial charge on any atom is 0.255 e. The lowest BCUT2D eigenvalue weighted by Crippen LogP contribution is -2.33. The van der Waals surface area contributed by atoms with E-state index < -0.39 is 0 Å². The highest BCUT2D eigenvalue weighted by molar-refractivity contribution is 6.04. The van der Waals surface area contributed by atoms with E-state index in [4.69, 9.17) is 9.47 Å². The lowest BCUT2D eigenvalue weighted by molar-refractivity contribution is -0.133. The number of hydrogen-bond donors (Lipinski definition) is 1. The van der Waals surface area contributed by atoms with Crippen molar-refractivity contribution in [3.8, 4) is 11.5 Å². The first-order chi connectivity index (χ1) is 15.6. The Bertz CT molecular complexity index is 1160. The number of likely N-dealkylation sites (tertiary alicyclic amines) is 1. The molecule has 0 spiro atoms. The highest BCUT2D eigenvalue weighted by Gasteiger charge is 2.30. The van der Waals surface area contributed by atoms with Crippen molar-refractivity contribution in [2.45, 2.75) is 25.4 Å². The normalized spacial score (nSPS) is 16.9. The smallest absolute Gasteiger partial charge is 0.255 e. The van der Waals surface area contributed by atoms with Crippen LogP contribution >= 0.6 is 0 Å². The predicted octanol–water partition coefficient (Wildman–Crippen LogP) is 3.37. The Hall–Kier alpha value is -3.88. The molecule has 1 unspecified atom stereocenters. The van der Waals surface area contributed by atoms with E-state index in [1.54, 1.807) is 41.4 Å². The fraction of sp³-hybridized carbons (Fsp3) is 0.261. The second-order valence-electron chi connectivity index (χ2n) is 7.75. The number of amides is 2. The fourth-order valence-corrected chi connectivity index (χ4v) is 4.08. The zero-order valence-electron chi connectivity index (χ0n) is 17.2. The summed E-state index contributed by atoms with van der Waals surface area (Å²) in [5.41, 5.74) is 1.84. The monoisotopic (exact) mass is 436 g/mol. The summed E-state index contributed by atoms with van der Waals surface area (Å²) in [6.07, 6.45) is 4.85. The van der Waals surface area contributed by atoms with Crippen LogP contribution in [-0.4, -0.2) is 39.8 Å². The minimum Gasteiger partial charge on any atom is -0.454 e. The second kappa shape index (κ2) is 8.33. The van der Waals surface area contributed by atoms with E-state index in [0.29, 0.717) is 29.3 Å². The predicted molar refractivity (Wildman–Crippen MR) is 113 cm³/mol. The summed E-state index contributed by atoms with van der Waals surface area (Å²) in [5, 5.41) is 6.98. The molecule has 2 aromatic carbocycles. The van der Waals surface area contributed by atoms with Crippen LogP contribution in [0.5, 0.6) is 11.5 Å². The quantitative estimate of drug-likeness (QED) is 0.663. The number of halogens is 1. The van der Waals surface area contributed by atoms with E-state index in [1.165, 1.54) is 23.0 Å². The van der Waals surface area contributed by atoms with Crippen molar-refractivity contribution < 1.29 is 23.5 Å². The van der Waals surface area contributed by atoms with Gasteiger partial charge in [0.2, 0.25) is 12.7 Å². The van der Waals surface area contributed by atoms with Crippen molar-refractivity contribution in [2.75, 3.05) is 18.7 Å². The van der Waals surface area contributed by atoms with Crippen LogP contribution in [0.3, 0.4) is 0 Å². The van der Waals surface area contributed by atoms with E-state index >= 15 is 0 Å². The second-order valence-corrected chi connectivity index (χ2v) is 7.75. The zero-order valence-corrected chi connectivity index (χ0v) is 17.2. The third-order valence-electron chi connectivity index (χ3n) is 5.65. The summed E-state index contributed by atoms with van der Waals surface area (Å²) in [7, 11) is 0. The largest absolute Gasteiger partial charge is 0.454 e. The number of nitrogens with zero attached hydrogens (tertiary/aromatic N) is 3. The number of rotatable bonds is 5. The zero-order chi connectivity index (χ0) is 22.1. The van der Waals surface area contributed by atoms with Crippen LogP contribution < -0.4 is 14.8 Å². The molecule has 1 N–H and O–H groups in total. The summed E-state index contributed by atoms with van der Waals surface area (Å²) in [5.74, 6) is 0.448. The molecule has 1 aromatic heterocycles. The van der Waals surface area contributed by atoms with Crippen molar-refractivity contribution >= 4 is 17.5 Å². The van der Waals surface area contributed by atoms with E-state index in [1.807, 2.05) is 0 Å². The molecule has 2 aliphatic rings. The van der Waals surface area contributed by atoms with Gasteiger partial charge in [0.05, 0.1) is 17.9 Å². The summed E-state index contributed by atoms with van der Waals surface area (Å²) >= 11 is 0. The molecule has 0 radical (unpaired) electrons. The molecule has 32 heavy (non-hydrogen) atoms. The van der Waals surface area contributed by atoms with Gasteiger partial charge in [0.25, 0.3) is 5.91 Å². The average Bonchev–Trinajstić information content (AvgIpc) is 3.54.